The summed E-state index contributed by atoms with van der Waals surface area (Å²) in [6.07, 6.45) is 0.882. The molecular weight excluding hydrogens is 292 g/mol. The molecule has 106 valence electrons. The largest absolute Gasteiger partial charge is 0.384 e. The number of rotatable bonds is 4. The molecule has 0 fully saturated rings. The van der Waals surface area contributed by atoms with Crippen molar-refractivity contribution in [3.05, 3.63) is 46.2 Å². The number of hydrogen-bond acceptors (Lipinski definition) is 4. The van der Waals surface area contributed by atoms with Crippen molar-refractivity contribution in [2.75, 3.05) is 18.9 Å². The van der Waals surface area contributed by atoms with Crippen LogP contribution in [0.2, 0.25) is 0 Å². The van der Waals surface area contributed by atoms with Crippen LogP contribution in [-0.4, -0.2) is 26.3 Å². The van der Waals surface area contributed by atoms with Crippen LogP contribution in [-0.2, 0) is 23.0 Å². The highest BCUT2D eigenvalue weighted by Crippen LogP contribution is 2.26. The highest BCUT2D eigenvalue weighted by Gasteiger charge is 2.23. The number of nitrogens with zero attached hydrogens (tertiary/aromatic N) is 1. The van der Waals surface area contributed by atoms with E-state index >= 15 is 0 Å². The Morgan fingerprint density at radius 1 is 1.35 bits per heavy atom. The fourth-order valence-electron chi connectivity index (χ4n) is 2.35. The first-order valence-electron chi connectivity index (χ1n) is 6.41. The zero-order valence-corrected chi connectivity index (χ0v) is 12.8. The molecular formula is C14H16N2O2S2. The summed E-state index contributed by atoms with van der Waals surface area (Å²) in [5.41, 5.74) is 3.14. The monoisotopic (exact) mass is 308 g/mol. The molecule has 3 rings (SSSR count). The van der Waals surface area contributed by atoms with E-state index in [2.05, 4.69) is 5.32 Å². The number of benzene rings is 1. The number of anilines is 1. The minimum atomic E-state index is -3.43. The minimum Gasteiger partial charge on any atom is -0.384 e. The summed E-state index contributed by atoms with van der Waals surface area (Å²) in [6.45, 7) is 1.28. The standard InChI is InChI=1S/C14H16N2O2S2/c1-16(9-11-5-7-19-10-11)20(17,18)13-2-3-14-12(8-13)4-6-15-14/h2-3,5,7-8,10,15H,4,6,9H2,1H3. The second-order valence-electron chi connectivity index (χ2n) is 4.89. The molecule has 0 unspecified atom stereocenters. The van der Waals surface area contributed by atoms with E-state index in [1.807, 2.05) is 22.9 Å². The topological polar surface area (TPSA) is 49.4 Å². The first-order valence-corrected chi connectivity index (χ1v) is 8.80. The molecule has 2 aromatic rings. The summed E-state index contributed by atoms with van der Waals surface area (Å²) in [5, 5.41) is 7.16. The molecule has 1 aromatic heterocycles. The number of nitrogens with one attached hydrogen (secondary N) is 1. The van der Waals surface area contributed by atoms with E-state index < -0.39 is 10.0 Å². The number of thiophene rings is 1. The predicted molar refractivity (Wildman–Crippen MR) is 81.6 cm³/mol. The molecule has 1 aromatic carbocycles. The normalized spacial score (nSPS) is 14.3. The molecule has 6 heteroatoms. The van der Waals surface area contributed by atoms with E-state index in [0.717, 1.165) is 29.8 Å². The van der Waals surface area contributed by atoms with Gasteiger partial charge in [-0.25, -0.2) is 8.42 Å². The van der Waals surface area contributed by atoms with Gasteiger partial charge in [-0.15, -0.1) is 0 Å². The van der Waals surface area contributed by atoms with Crippen LogP contribution in [0.1, 0.15) is 11.1 Å². The summed E-state index contributed by atoms with van der Waals surface area (Å²) in [5.74, 6) is 0. The van der Waals surface area contributed by atoms with E-state index in [1.54, 1.807) is 30.5 Å². The Morgan fingerprint density at radius 2 is 2.20 bits per heavy atom. The summed E-state index contributed by atoms with van der Waals surface area (Å²) < 4.78 is 26.5. The van der Waals surface area contributed by atoms with Crippen molar-refractivity contribution < 1.29 is 8.42 Å². The molecule has 0 saturated carbocycles. The SMILES string of the molecule is CN(Cc1ccsc1)S(=O)(=O)c1ccc2c(c1)CCN2. The molecule has 1 aliphatic rings. The number of sulfonamides is 1. The highest BCUT2D eigenvalue weighted by molar-refractivity contribution is 7.89. The van der Waals surface area contributed by atoms with Crippen molar-refractivity contribution in [3.63, 3.8) is 0 Å². The van der Waals surface area contributed by atoms with Crippen LogP contribution in [0, 0.1) is 0 Å². The molecule has 0 aliphatic carbocycles. The van der Waals surface area contributed by atoms with Gasteiger partial charge in [0.15, 0.2) is 0 Å². The lowest BCUT2D eigenvalue weighted by molar-refractivity contribution is 0.467. The van der Waals surface area contributed by atoms with Gasteiger partial charge in [0.1, 0.15) is 0 Å². The predicted octanol–water partition coefficient (Wildman–Crippen LogP) is 2.54. The van der Waals surface area contributed by atoms with Crippen molar-refractivity contribution in [1.29, 1.82) is 0 Å². The van der Waals surface area contributed by atoms with Gasteiger partial charge >= 0.3 is 0 Å². The lowest BCUT2D eigenvalue weighted by atomic mass is 10.2. The van der Waals surface area contributed by atoms with Crippen molar-refractivity contribution in [2.45, 2.75) is 17.9 Å². The van der Waals surface area contributed by atoms with Crippen LogP contribution in [0.5, 0.6) is 0 Å². The van der Waals surface area contributed by atoms with Gasteiger partial charge < -0.3 is 5.32 Å². The Bertz CT molecular complexity index is 709. The molecule has 0 radical (unpaired) electrons. The quantitative estimate of drug-likeness (QED) is 0.944. The molecule has 0 spiro atoms. The zero-order chi connectivity index (χ0) is 14.2. The van der Waals surface area contributed by atoms with Gasteiger partial charge in [0.05, 0.1) is 4.90 Å². The van der Waals surface area contributed by atoms with Gasteiger partial charge in [0.2, 0.25) is 10.0 Å². The van der Waals surface area contributed by atoms with Crippen LogP contribution < -0.4 is 5.32 Å². The summed E-state index contributed by atoms with van der Waals surface area (Å²) in [4.78, 5) is 0.373. The van der Waals surface area contributed by atoms with Crippen LogP contribution in [0.15, 0.2) is 39.9 Å². The van der Waals surface area contributed by atoms with E-state index in [4.69, 9.17) is 0 Å². The minimum absolute atomic E-state index is 0.373. The Labute approximate surface area is 123 Å². The second-order valence-corrected chi connectivity index (χ2v) is 7.71. The van der Waals surface area contributed by atoms with Gasteiger partial charge in [-0.1, -0.05) is 0 Å². The summed E-state index contributed by atoms with van der Waals surface area (Å²) >= 11 is 1.57. The maximum absolute atomic E-state index is 12.6. The molecule has 2 heterocycles. The average molecular weight is 308 g/mol. The lowest BCUT2D eigenvalue weighted by Gasteiger charge is -2.17. The Kier molecular flexibility index (Phi) is 3.54. The van der Waals surface area contributed by atoms with Gasteiger partial charge in [-0.2, -0.15) is 15.6 Å². The Morgan fingerprint density at radius 3 is 2.95 bits per heavy atom. The van der Waals surface area contributed by atoms with Gasteiger partial charge in [0, 0.05) is 25.8 Å². The fraction of sp³-hybridized carbons (Fsp3) is 0.286. The maximum Gasteiger partial charge on any atom is 0.243 e. The van der Waals surface area contributed by atoms with Crippen LogP contribution in [0.4, 0.5) is 5.69 Å². The Hall–Kier alpha value is -1.37. The van der Waals surface area contributed by atoms with E-state index in [9.17, 15) is 8.42 Å². The number of hydrogen-bond donors (Lipinski definition) is 1. The third-order valence-electron chi connectivity index (χ3n) is 3.48. The third kappa shape index (κ3) is 2.46. The van der Waals surface area contributed by atoms with Crippen molar-refractivity contribution >= 4 is 27.0 Å². The van der Waals surface area contributed by atoms with Crippen molar-refractivity contribution in [2.24, 2.45) is 0 Å². The lowest BCUT2D eigenvalue weighted by Crippen LogP contribution is -2.26. The highest BCUT2D eigenvalue weighted by atomic mass is 32.2. The summed E-state index contributed by atoms with van der Waals surface area (Å²) in [7, 11) is -1.80. The van der Waals surface area contributed by atoms with Crippen molar-refractivity contribution in [3.8, 4) is 0 Å². The van der Waals surface area contributed by atoms with Gasteiger partial charge in [-0.3, -0.25) is 0 Å². The second kappa shape index (κ2) is 5.20. The molecule has 0 amide bonds. The van der Waals surface area contributed by atoms with Gasteiger partial charge in [0.25, 0.3) is 0 Å². The first kappa shape index (κ1) is 13.6. The van der Waals surface area contributed by atoms with Crippen LogP contribution in [0.25, 0.3) is 0 Å². The van der Waals surface area contributed by atoms with Crippen LogP contribution in [0.3, 0.4) is 0 Å². The molecule has 0 saturated heterocycles. The fourth-order valence-corrected chi connectivity index (χ4v) is 4.22. The van der Waals surface area contributed by atoms with Crippen LogP contribution >= 0.6 is 11.3 Å². The maximum atomic E-state index is 12.6. The van der Waals surface area contributed by atoms with E-state index in [1.165, 1.54) is 4.31 Å². The molecule has 1 N–H and O–H groups in total. The molecule has 0 bridgehead atoms. The van der Waals surface area contributed by atoms with Crippen molar-refractivity contribution in [1.82, 2.24) is 4.31 Å². The van der Waals surface area contributed by atoms with E-state index in [-0.39, 0.29) is 0 Å². The smallest absolute Gasteiger partial charge is 0.243 e. The molecule has 0 atom stereocenters. The molecule has 20 heavy (non-hydrogen) atoms. The zero-order valence-electron chi connectivity index (χ0n) is 11.2. The summed E-state index contributed by atoms with van der Waals surface area (Å²) in [6, 6.07) is 7.27. The first-order chi connectivity index (χ1) is 9.57. The molecule has 4 nitrogen and oxygen atoms in total. The molecule has 1 aliphatic heterocycles. The Balaban J connectivity index is 1.87. The third-order valence-corrected chi connectivity index (χ3v) is 6.01. The van der Waals surface area contributed by atoms with Gasteiger partial charge in [-0.05, 0) is 52.6 Å². The number of fused-ring (bicyclic) bond motifs is 1. The average Bonchev–Trinajstić information content (AvgIpc) is 3.07. The van der Waals surface area contributed by atoms with E-state index in [0.29, 0.717) is 11.4 Å².